The fourth-order valence-electron chi connectivity index (χ4n) is 2.02. The van der Waals surface area contributed by atoms with E-state index in [4.69, 9.17) is 16.3 Å². The number of ether oxygens (including phenoxy) is 1. The molecule has 0 atom stereocenters. The Kier molecular flexibility index (Phi) is 5.16. The van der Waals surface area contributed by atoms with Gasteiger partial charge in [-0.15, -0.1) is 11.6 Å². The SMILES string of the molecule is CCCCOCCn1c(CCl)nc2c(F)cccc21. The number of benzene rings is 1. The van der Waals surface area contributed by atoms with Crippen LogP contribution in [0.25, 0.3) is 11.0 Å². The van der Waals surface area contributed by atoms with Crippen LogP contribution in [-0.2, 0) is 17.2 Å². The van der Waals surface area contributed by atoms with Gasteiger partial charge in [0, 0.05) is 13.2 Å². The molecule has 0 N–H and O–H groups in total. The summed E-state index contributed by atoms with van der Waals surface area (Å²) < 4.78 is 21.1. The van der Waals surface area contributed by atoms with Gasteiger partial charge in [-0.25, -0.2) is 9.37 Å². The van der Waals surface area contributed by atoms with Crippen LogP contribution < -0.4 is 0 Å². The fraction of sp³-hybridized carbons (Fsp3) is 0.500. The molecule has 1 aromatic carbocycles. The van der Waals surface area contributed by atoms with E-state index in [2.05, 4.69) is 11.9 Å². The van der Waals surface area contributed by atoms with Gasteiger partial charge in [-0.1, -0.05) is 19.4 Å². The zero-order valence-electron chi connectivity index (χ0n) is 11.0. The van der Waals surface area contributed by atoms with Gasteiger partial charge in [-0.3, -0.25) is 0 Å². The molecular formula is C14H18ClFN2O. The minimum atomic E-state index is -0.311. The van der Waals surface area contributed by atoms with E-state index in [0.717, 1.165) is 25.0 Å². The number of hydrogen-bond donors (Lipinski definition) is 0. The van der Waals surface area contributed by atoms with Gasteiger partial charge in [0.1, 0.15) is 11.3 Å². The summed E-state index contributed by atoms with van der Waals surface area (Å²) in [5, 5.41) is 0. The van der Waals surface area contributed by atoms with Gasteiger partial charge in [0.15, 0.2) is 5.82 Å². The van der Waals surface area contributed by atoms with Gasteiger partial charge in [0.25, 0.3) is 0 Å². The molecule has 104 valence electrons. The maximum Gasteiger partial charge on any atom is 0.151 e. The number of unbranched alkanes of at least 4 members (excludes halogenated alkanes) is 1. The van der Waals surface area contributed by atoms with Crippen molar-refractivity contribution in [2.75, 3.05) is 13.2 Å². The first-order chi connectivity index (χ1) is 9.27. The lowest BCUT2D eigenvalue weighted by atomic mass is 10.3. The molecular weight excluding hydrogens is 267 g/mol. The van der Waals surface area contributed by atoms with Crippen molar-refractivity contribution in [2.45, 2.75) is 32.2 Å². The molecule has 1 heterocycles. The van der Waals surface area contributed by atoms with Crippen molar-refractivity contribution in [1.82, 2.24) is 9.55 Å². The maximum atomic E-state index is 13.7. The van der Waals surface area contributed by atoms with E-state index in [0.29, 0.717) is 24.5 Å². The summed E-state index contributed by atoms with van der Waals surface area (Å²) >= 11 is 5.87. The number of rotatable bonds is 7. The van der Waals surface area contributed by atoms with E-state index < -0.39 is 0 Å². The molecule has 0 bridgehead atoms. The van der Waals surface area contributed by atoms with Gasteiger partial charge >= 0.3 is 0 Å². The topological polar surface area (TPSA) is 27.1 Å². The van der Waals surface area contributed by atoms with Crippen LogP contribution >= 0.6 is 11.6 Å². The first-order valence-electron chi connectivity index (χ1n) is 6.55. The normalized spacial score (nSPS) is 11.3. The van der Waals surface area contributed by atoms with Crippen LogP contribution in [0.3, 0.4) is 0 Å². The fourth-order valence-corrected chi connectivity index (χ4v) is 2.22. The van der Waals surface area contributed by atoms with Crippen LogP contribution in [0.15, 0.2) is 18.2 Å². The number of fused-ring (bicyclic) bond motifs is 1. The summed E-state index contributed by atoms with van der Waals surface area (Å²) in [5.41, 5.74) is 1.15. The average Bonchev–Trinajstić information content (AvgIpc) is 2.78. The highest BCUT2D eigenvalue weighted by Gasteiger charge is 2.12. The average molecular weight is 285 g/mol. The molecule has 1 aromatic heterocycles. The molecule has 0 saturated carbocycles. The van der Waals surface area contributed by atoms with Crippen LogP contribution in [0, 0.1) is 5.82 Å². The Balaban J connectivity index is 2.14. The smallest absolute Gasteiger partial charge is 0.151 e. The molecule has 2 rings (SSSR count). The van der Waals surface area contributed by atoms with Gasteiger partial charge in [-0.2, -0.15) is 0 Å². The predicted octanol–water partition coefficient (Wildman–Crippen LogP) is 3.73. The lowest BCUT2D eigenvalue weighted by Crippen LogP contribution is -2.09. The third kappa shape index (κ3) is 3.25. The predicted molar refractivity (Wildman–Crippen MR) is 75.0 cm³/mol. The molecule has 0 amide bonds. The summed E-state index contributed by atoms with van der Waals surface area (Å²) in [7, 11) is 0. The summed E-state index contributed by atoms with van der Waals surface area (Å²) in [4.78, 5) is 4.25. The molecule has 0 aliphatic rings. The highest BCUT2D eigenvalue weighted by atomic mass is 35.5. The second kappa shape index (κ2) is 6.87. The van der Waals surface area contributed by atoms with Crippen LogP contribution in [0.4, 0.5) is 4.39 Å². The third-order valence-corrected chi connectivity index (χ3v) is 3.27. The molecule has 0 aliphatic heterocycles. The van der Waals surface area contributed by atoms with Gasteiger partial charge in [0.2, 0.25) is 0 Å². The summed E-state index contributed by atoms with van der Waals surface area (Å²) in [6, 6.07) is 4.95. The molecule has 0 spiro atoms. The number of aromatic nitrogens is 2. The lowest BCUT2D eigenvalue weighted by Gasteiger charge is -2.08. The summed E-state index contributed by atoms with van der Waals surface area (Å²) in [5.74, 6) is 0.638. The van der Waals surface area contributed by atoms with E-state index in [1.54, 1.807) is 6.07 Å². The molecule has 5 heteroatoms. The Hall–Kier alpha value is -1.13. The molecule has 0 radical (unpaired) electrons. The van der Waals surface area contributed by atoms with Crippen molar-refractivity contribution < 1.29 is 9.13 Å². The first kappa shape index (κ1) is 14.3. The van der Waals surface area contributed by atoms with Crippen molar-refractivity contribution in [3.8, 4) is 0 Å². The van der Waals surface area contributed by atoms with E-state index in [1.807, 2.05) is 10.6 Å². The molecule has 0 saturated heterocycles. The molecule has 0 aliphatic carbocycles. The standard InChI is InChI=1S/C14H18ClFN2O/c1-2-3-8-19-9-7-18-12-6-4-5-11(16)14(12)17-13(18)10-15/h4-6H,2-3,7-10H2,1H3. The van der Waals surface area contributed by atoms with Crippen molar-refractivity contribution in [3.05, 3.63) is 29.8 Å². The number of imidazole rings is 1. The molecule has 2 aromatic rings. The summed E-state index contributed by atoms with van der Waals surface area (Å²) in [6.45, 7) is 4.12. The molecule has 3 nitrogen and oxygen atoms in total. The Morgan fingerprint density at radius 2 is 2.21 bits per heavy atom. The Bertz CT molecular complexity index is 541. The van der Waals surface area contributed by atoms with E-state index >= 15 is 0 Å². The summed E-state index contributed by atoms with van der Waals surface area (Å²) in [6.07, 6.45) is 2.17. The second-order valence-electron chi connectivity index (χ2n) is 4.39. The van der Waals surface area contributed by atoms with Crippen molar-refractivity contribution >= 4 is 22.6 Å². The molecule has 19 heavy (non-hydrogen) atoms. The highest BCUT2D eigenvalue weighted by Crippen LogP contribution is 2.20. The van der Waals surface area contributed by atoms with Gasteiger partial charge in [0.05, 0.1) is 18.0 Å². The van der Waals surface area contributed by atoms with E-state index in [1.165, 1.54) is 6.07 Å². The van der Waals surface area contributed by atoms with Crippen LogP contribution in [0.5, 0.6) is 0 Å². The van der Waals surface area contributed by atoms with Crippen LogP contribution in [0.2, 0.25) is 0 Å². The highest BCUT2D eigenvalue weighted by molar-refractivity contribution is 6.16. The quantitative estimate of drug-likeness (QED) is 0.572. The third-order valence-electron chi connectivity index (χ3n) is 3.03. The van der Waals surface area contributed by atoms with E-state index in [9.17, 15) is 4.39 Å². The number of para-hydroxylation sites is 1. The molecule has 0 unspecified atom stereocenters. The number of halogens is 2. The second-order valence-corrected chi connectivity index (χ2v) is 4.65. The Morgan fingerprint density at radius 3 is 2.95 bits per heavy atom. The van der Waals surface area contributed by atoms with Crippen molar-refractivity contribution in [1.29, 1.82) is 0 Å². The van der Waals surface area contributed by atoms with Crippen LogP contribution in [0.1, 0.15) is 25.6 Å². The van der Waals surface area contributed by atoms with E-state index in [-0.39, 0.29) is 11.7 Å². The monoisotopic (exact) mass is 284 g/mol. The Morgan fingerprint density at radius 1 is 1.37 bits per heavy atom. The number of hydrogen-bond acceptors (Lipinski definition) is 2. The minimum absolute atomic E-state index is 0.267. The van der Waals surface area contributed by atoms with Crippen molar-refractivity contribution in [3.63, 3.8) is 0 Å². The number of alkyl halides is 1. The van der Waals surface area contributed by atoms with Crippen molar-refractivity contribution in [2.24, 2.45) is 0 Å². The van der Waals surface area contributed by atoms with Crippen LogP contribution in [-0.4, -0.2) is 22.8 Å². The van der Waals surface area contributed by atoms with Gasteiger partial charge in [-0.05, 0) is 18.6 Å². The minimum Gasteiger partial charge on any atom is -0.380 e. The first-order valence-corrected chi connectivity index (χ1v) is 7.08. The largest absolute Gasteiger partial charge is 0.380 e. The Labute approximate surface area is 117 Å². The zero-order chi connectivity index (χ0) is 13.7. The lowest BCUT2D eigenvalue weighted by molar-refractivity contribution is 0.124. The molecule has 0 fully saturated rings. The van der Waals surface area contributed by atoms with Gasteiger partial charge < -0.3 is 9.30 Å². The maximum absolute atomic E-state index is 13.7. The zero-order valence-corrected chi connectivity index (χ0v) is 11.8. The number of nitrogens with zero attached hydrogens (tertiary/aromatic N) is 2.